The summed E-state index contributed by atoms with van der Waals surface area (Å²) in [5, 5.41) is 11.5. The van der Waals surface area contributed by atoms with Gasteiger partial charge in [-0.1, -0.05) is 0 Å². The molecule has 0 unspecified atom stereocenters. The molecule has 232 valence electrons. The summed E-state index contributed by atoms with van der Waals surface area (Å²) >= 11 is 0. The molecule has 1 aliphatic heterocycles. The fourth-order valence-electron chi connectivity index (χ4n) is 3.82. The minimum absolute atomic E-state index is 0.0919. The van der Waals surface area contributed by atoms with Crippen LogP contribution in [0.2, 0.25) is 0 Å². The van der Waals surface area contributed by atoms with Crippen molar-refractivity contribution in [3.63, 3.8) is 0 Å². The maximum atomic E-state index is 13.9. The number of ether oxygens (including phenoxy) is 2. The summed E-state index contributed by atoms with van der Waals surface area (Å²) in [7, 11) is -4.93. The molecule has 1 aliphatic rings. The minimum atomic E-state index is -5.24. The summed E-state index contributed by atoms with van der Waals surface area (Å²) in [5.41, 5.74) is -6.82. The van der Waals surface area contributed by atoms with Crippen LogP contribution in [0.15, 0.2) is 41.3 Å². The molecule has 0 saturated carbocycles. The first kappa shape index (κ1) is 32.8. The minimum Gasteiger partial charge on any atom is -0.486 e. The normalized spacial score (nSPS) is 16.4. The molecule has 0 spiro atoms. The zero-order valence-electron chi connectivity index (χ0n) is 22.4. The molecule has 17 heteroatoms. The molecular formula is C25H25F7N2O7S. The van der Waals surface area contributed by atoms with E-state index < -0.39 is 74.4 Å². The average Bonchev–Trinajstić information content (AvgIpc) is 2.81. The third-order valence-corrected chi connectivity index (χ3v) is 8.09. The summed E-state index contributed by atoms with van der Waals surface area (Å²) in [5.74, 6) is -3.18. The quantitative estimate of drug-likeness (QED) is 0.350. The van der Waals surface area contributed by atoms with E-state index in [4.69, 9.17) is 4.74 Å². The lowest BCUT2D eigenvalue weighted by molar-refractivity contribution is -0.242. The Morgan fingerprint density at radius 2 is 1.67 bits per heavy atom. The average molecular weight is 631 g/mol. The molecule has 2 aromatic carbocycles. The van der Waals surface area contributed by atoms with Crippen LogP contribution in [0.3, 0.4) is 0 Å². The SMILES string of the molecule is CC(C)(C[C@@H]1CN(S(=O)(=O)c2ccc(F)c(C(F)(F)F)c2)c2cc(NC(=O)OC(C)(C)C(F)(F)F)ccc2O1)C(=O)O. The molecular weight excluding hydrogens is 605 g/mol. The van der Waals surface area contributed by atoms with E-state index in [0.717, 1.165) is 18.2 Å². The van der Waals surface area contributed by atoms with Gasteiger partial charge in [-0.2, -0.15) is 26.3 Å². The number of carbonyl (C=O) groups is 2. The van der Waals surface area contributed by atoms with Gasteiger partial charge in [0, 0.05) is 12.1 Å². The Kier molecular flexibility index (Phi) is 8.44. The fraction of sp³-hybridized carbons (Fsp3) is 0.440. The maximum Gasteiger partial charge on any atom is 0.427 e. The number of hydrogen-bond acceptors (Lipinski definition) is 6. The van der Waals surface area contributed by atoms with E-state index in [2.05, 4.69) is 4.74 Å². The number of nitrogens with one attached hydrogen (secondary N) is 1. The van der Waals surface area contributed by atoms with Crippen LogP contribution >= 0.6 is 0 Å². The van der Waals surface area contributed by atoms with E-state index in [9.17, 15) is 53.8 Å². The van der Waals surface area contributed by atoms with Gasteiger partial charge in [-0.25, -0.2) is 17.6 Å². The second kappa shape index (κ2) is 10.8. The molecule has 0 aliphatic carbocycles. The Balaban J connectivity index is 2.07. The molecule has 2 aromatic rings. The number of amides is 1. The first-order chi connectivity index (χ1) is 19.0. The Hall–Kier alpha value is -3.76. The highest BCUT2D eigenvalue weighted by Crippen LogP contribution is 2.42. The zero-order valence-corrected chi connectivity index (χ0v) is 23.2. The van der Waals surface area contributed by atoms with Crippen LogP contribution in [0.25, 0.3) is 0 Å². The van der Waals surface area contributed by atoms with Crippen molar-refractivity contribution in [2.24, 2.45) is 5.41 Å². The lowest BCUT2D eigenvalue weighted by Gasteiger charge is -2.38. The molecule has 2 N–H and O–H groups in total. The second-order valence-corrected chi connectivity index (χ2v) is 12.4. The summed E-state index contributed by atoms with van der Waals surface area (Å²) in [6.45, 7) is 3.24. The highest BCUT2D eigenvalue weighted by molar-refractivity contribution is 7.92. The molecule has 1 amide bonds. The summed E-state index contributed by atoms with van der Waals surface area (Å²) in [6.07, 6.45) is -13.1. The van der Waals surface area contributed by atoms with E-state index in [1.807, 2.05) is 5.32 Å². The Bertz CT molecular complexity index is 1490. The van der Waals surface area contributed by atoms with E-state index in [-0.39, 0.29) is 29.6 Å². The fourth-order valence-corrected chi connectivity index (χ4v) is 5.35. The standard InChI is InChI=1S/C25H25F7N2O7S/c1-22(2,20(35)36)11-14-12-34(42(38,39)15-6-7-17(26)16(10-15)24(27,28)29)18-9-13(5-8-19(18)40-14)33-21(37)41-23(3,4)25(30,31)32/h5-10,14H,11-12H2,1-4H3,(H,33,37)(H,35,36)/t14-/m1/s1. The predicted octanol–water partition coefficient (Wildman–Crippen LogP) is 6.19. The van der Waals surface area contributed by atoms with Gasteiger partial charge in [-0.15, -0.1) is 0 Å². The molecule has 1 atom stereocenters. The molecule has 3 rings (SSSR count). The number of halogens is 7. The smallest absolute Gasteiger partial charge is 0.427 e. The van der Waals surface area contributed by atoms with Crippen molar-refractivity contribution in [3.05, 3.63) is 47.8 Å². The lowest BCUT2D eigenvalue weighted by Crippen LogP contribution is -2.46. The number of carboxylic acid groups (broad SMARTS) is 1. The van der Waals surface area contributed by atoms with E-state index >= 15 is 0 Å². The molecule has 0 radical (unpaired) electrons. The number of fused-ring (bicyclic) bond motifs is 1. The summed E-state index contributed by atoms with van der Waals surface area (Å²) in [4.78, 5) is 22.9. The predicted molar refractivity (Wildman–Crippen MR) is 133 cm³/mol. The van der Waals surface area contributed by atoms with E-state index in [0.29, 0.717) is 30.3 Å². The van der Waals surface area contributed by atoms with Crippen LogP contribution in [0.1, 0.15) is 39.7 Å². The molecule has 0 aromatic heterocycles. The van der Waals surface area contributed by atoms with Gasteiger partial charge >= 0.3 is 24.4 Å². The van der Waals surface area contributed by atoms with Crippen molar-refractivity contribution in [2.45, 2.75) is 63.1 Å². The number of sulfonamides is 1. The topological polar surface area (TPSA) is 122 Å². The molecule has 0 fully saturated rings. The second-order valence-electron chi connectivity index (χ2n) is 10.5. The highest BCUT2D eigenvalue weighted by Gasteiger charge is 2.51. The van der Waals surface area contributed by atoms with Gasteiger partial charge in [0.1, 0.15) is 17.7 Å². The van der Waals surface area contributed by atoms with Gasteiger partial charge in [0.15, 0.2) is 0 Å². The number of hydrogen-bond donors (Lipinski definition) is 2. The summed E-state index contributed by atoms with van der Waals surface area (Å²) < 4.78 is 131. The zero-order chi connectivity index (χ0) is 32.1. The van der Waals surface area contributed by atoms with Gasteiger partial charge in [0.05, 0.1) is 28.1 Å². The van der Waals surface area contributed by atoms with Crippen LogP contribution in [-0.2, 0) is 25.7 Å². The lowest BCUT2D eigenvalue weighted by atomic mass is 9.86. The number of aliphatic carboxylic acids is 1. The molecule has 9 nitrogen and oxygen atoms in total. The van der Waals surface area contributed by atoms with Gasteiger partial charge in [-0.3, -0.25) is 14.4 Å². The van der Waals surface area contributed by atoms with Crippen molar-refractivity contribution in [1.29, 1.82) is 0 Å². The molecule has 1 heterocycles. The highest BCUT2D eigenvalue weighted by atomic mass is 32.2. The third kappa shape index (κ3) is 6.82. The van der Waals surface area contributed by atoms with Crippen molar-refractivity contribution in [3.8, 4) is 5.75 Å². The third-order valence-electron chi connectivity index (χ3n) is 6.32. The first-order valence-electron chi connectivity index (χ1n) is 12.0. The number of carboxylic acids is 1. The van der Waals surface area contributed by atoms with Gasteiger partial charge in [0.25, 0.3) is 10.0 Å². The van der Waals surface area contributed by atoms with Crippen molar-refractivity contribution >= 4 is 33.5 Å². The summed E-state index contributed by atoms with van der Waals surface area (Å²) in [6, 6.07) is 4.21. The van der Waals surface area contributed by atoms with E-state index in [1.54, 1.807) is 0 Å². The number of alkyl halides is 6. The van der Waals surface area contributed by atoms with Crippen molar-refractivity contribution in [2.75, 3.05) is 16.2 Å². The van der Waals surface area contributed by atoms with Crippen molar-refractivity contribution < 1.29 is 63.3 Å². The van der Waals surface area contributed by atoms with Crippen LogP contribution in [0, 0.1) is 11.2 Å². The molecule has 0 saturated heterocycles. The monoisotopic (exact) mass is 630 g/mol. The van der Waals surface area contributed by atoms with Crippen LogP contribution in [0.4, 0.5) is 46.9 Å². The molecule has 0 bridgehead atoms. The van der Waals surface area contributed by atoms with Gasteiger partial charge in [0.2, 0.25) is 5.60 Å². The van der Waals surface area contributed by atoms with Crippen LogP contribution in [-0.4, -0.2) is 50.0 Å². The van der Waals surface area contributed by atoms with Crippen molar-refractivity contribution in [1.82, 2.24) is 0 Å². The maximum absolute atomic E-state index is 13.9. The Morgan fingerprint density at radius 1 is 1.05 bits per heavy atom. The number of anilines is 2. The van der Waals surface area contributed by atoms with Crippen LogP contribution < -0.4 is 14.4 Å². The number of rotatable bonds is 7. The Morgan fingerprint density at radius 3 is 2.21 bits per heavy atom. The van der Waals surface area contributed by atoms with E-state index in [1.165, 1.54) is 13.8 Å². The van der Waals surface area contributed by atoms with Crippen LogP contribution in [0.5, 0.6) is 5.75 Å². The first-order valence-corrected chi connectivity index (χ1v) is 13.4. The Labute approximate surface area is 235 Å². The number of nitrogens with zero attached hydrogens (tertiary/aromatic N) is 1. The molecule has 42 heavy (non-hydrogen) atoms. The number of carbonyl (C=O) groups excluding carboxylic acids is 1. The van der Waals surface area contributed by atoms with Gasteiger partial charge in [-0.05, 0) is 64.1 Å². The number of benzene rings is 2. The van der Waals surface area contributed by atoms with Gasteiger partial charge < -0.3 is 14.6 Å². The largest absolute Gasteiger partial charge is 0.486 e.